The van der Waals surface area contributed by atoms with Crippen LogP contribution in [0.25, 0.3) is 10.6 Å². The molecule has 0 fully saturated rings. The molecule has 0 aromatic rings. The summed E-state index contributed by atoms with van der Waals surface area (Å²) in [5.41, 5.74) is 0. The molecule has 0 aliphatic carbocycles. The molecule has 4 heteroatoms. The zero-order valence-corrected chi connectivity index (χ0v) is 8.38. The molecule has 0 radical (unpaired) electrons. The Balaban J connectivity index is -0.000000180. The molecule has 0 N–H and O–H groups in total. The minimum Gasteiger partial charge on any atom is -0.681 e. The van der Waals surface area contributed by atoms with E-state index < -0.39 is 0 Å². The van der Waals surface area contributed by atoms with Gasteiger partial charge in [-0.05, 0) is 0 Å². The summed E-state index contributed by atoms with van der Waals surface area (Å²) >= 11 is 0. The maximum absolute atomic E-state index is 3.99. The Morgan fingerprint density at radius 3 is 1.44 bits per heavy atom. The molecule has 0 saturated heterocycles. The van der Waals surface area contributed by atoms with Gasteiger partial charge in [-0.2, -0.15) is 13.1 Å². The molecule has 56 valence electrons. The Labute approximate surface area is 79.0 Å². The Hall–Kier alpha value is 0.985. The summed E-state index contributed by atoms with van der Waals surface area (Å²) < 4.78 is 0. The first-order chi connectivity index (χ1) is 3.41. The summed E-state index contributed by atoms with van der Waals surface area (Å²) in [6, 6.07) is 0. The van der Waals surface area contributed by atoms with Gasteiger partial charge in [-0.15, -0.1) is 0 Å². The largest absolute Gasteiger partial charge is 0.681 e. The molecular formula is C5H12Cr2N2-2. The first-order valence-electron chi connectivity index (χ1n) is 2.68. The molecule has 0 aromatic carbocycles. The molecular weight excluding hydrogens is 192 g/mol. The number of hydrogen-bond acceptors (Lipinski definition) is 0. The Morgan fingerprint density at radius 2 is 1.22 bits per heavy atom. The Bertz CT molecular complexity index is 32.1. The molecule has 0 aliphatic rings. The fraction of sp³-hybridized carbons (Fsp3) is 1.00. The molecule has 0 saturated carbocycles. The minimum absolute atomic E-state index is 0. The Kier molecular flexibility index (Phi) is 29.4. The van der Waals surface area contributed by atoms with E-state index in [-0.39, 0.29) is 34.7 Å². The van der Waals surface area contributed by atoms with Gasteiger partial charge in [0.25, 0.3) is 0 Å². The van der Waals surface area contributed by atoms with Gasteiger partial charge in [0.05, 0.1) is 0 Å². The van der Waals surface area contributed by atoms with E-state index in [9.17, 15) is 0 Å². The molecule has 0 heterocycles. The monoisotopic (exact) mass is 204 g/mol. The van der Waals surface area contributed by atoms with E-state index in [1.807, 2.05) is 13.8 Å². The van der Waals surface area contributed by atoms with Crippen molar-refractivity contribution in [1.29, 1.82) is 0 Å². The first kappa shape index (κ1) is 16.5. The minimum atomic E-state index is 0. The van der Waals surface area contributed by atoms with Crippen LogP contribution < -0.4 is 0 Å². The molecule has 2 nitrogen and oxygen atoms in total. The maximum Gasteiger partial charge on any atom is 0 e. The fourth-order valence-electron chi connectivity index (χ4n) is 0.271. The predicted octanol–water partition coefficient (Wildman–Crippen LogP) is 1.73. The van der Waals surface area contributed by atoms with Crippen molar-refractivity contribution in [3.8, 4) is 0 Å². The van der Waals surface area contributed by atoms with E-state index >= 15 is 0 Å². The summed E-state index contributed by atoms with van der Waals surface area (Å²) in [4.78, 5) is 0. The summed E-state index contributed by atoms with van der Waals surface area (Å²) in [7, 11) is 0. The van der Waals surface area contributed by atoms with Gasteiger partial charge in [-0.25, -0.2) is 0 Å². The topological polar surface area (TPSA) is 28.2 Å². The average molecular weight is 204 g/mol. The molecule has 0 aliphatic heterocycles. The molecule has 9 heavy (non-hydrogen) atoms. The summed E-state index contributed by atoms with van der Waals surface area (Å²) in [5, 5.41) is 7.99. The molecule has 0 rings (SSSR count). The zero-order chi connectivity index (χ0) is 5.54. The first-order valence-corrected chi connectivity index (χ1v) is 2.68. The molecule has 0 aromatic heterocycles. The van der Waals surface area contributed by atoms with E-state index in [1.165, 1.54) is 0 Å². The van der Waals surface area contributed by atoms with Crippen LogP contribution in [0, 0.1) is 0 Å². The number of hydrogen-bond donors (Lipinski definition) is 0. The van der Waals surface area contributed by atoms with Crippen LogP contribution in [0.5, 0.6) is 0 Å². The molecule has 0 bridgehead atoms. The van der Waals surface area contributed by atoms with Crippen LogP contribution in [0.4, 0.5) is 0 Å². The van der Waals surface area contributed by atoms with E-state index in [2.05, 4.69) is 10.6 Å². The van der Waals surface area contributed by atoms with E-state index in [0.717, 1.165) is 13.1 Å². The summed E-state index contributed by atoms with van der Waals surface area (Å²) in [5.74, 6) is 0. The van der Waals surface area contributed by atoms with Gasteiger partial charge in [0, 0.05) is 34.7 Å². The molecule has 0 atom stereocenters. The smallest absolute Gasteiger partial charge is 0 e. The normalized spacial score (nSPS) is 7.33. The van der Waals surface area contributed by atoms with Crippen molar-refractivity contribution in [2.45, 2.75) is 13.8 Å². The predicted molar refractivity (Wildman–Crippen MR) is 32.7 cm³/mol. The van der Waals surface area contributed by atoms with Crippen LogP contribution >= 0.6 is 0 Å². The van der Waals surface area contributed by atoms with E-state index in [4.69, 9.17) is 0 Å². The Morgan fingerprint density at radius 1 is 0.889 bits per heavy atom. The molecule has 0 spiro atoms. The second kappa shape index (κ2) is 16.0. The van der Waals surface area contributed by atoms with E-state index in [0.29, 0.717) is 6.67 Å². The zero-order valence-electron chi connectivity index (χ0n) is 5.83. The van der Waals surface area contributed by atoms with Crippen LogP contribution in [0.2, 0.25) is 0 Å². The van der Waals surface area contributed by atoms with Crippen molar-refractivity contribution < 1.29 is 34.7 Å². The van der Waals surface area contributed by atoms with Gasteiger partial charge in [-0.3, -0.25) is 6.67 Å². The van der Waals surface area contributed by atoms with Crippen molar-refractivity contribution in [2.24, 2.45) is 0 Å². The van der Waals surface area contributed by atoms with Crippen molar-refractivity contribution in [1.82, 2.24) is 0 Å². The molecule has 0 amide bonds. The van der Waals surface area contributed by atoms with Gasteiger partial charge >= 0.3 is 0 Å². The van der Waals surface area contributed by atoms with E-state index in [1.54, 1.807) is 0 Å². The van der Waals surface area contributed by atoms with Crippen LogP contribution in [0.1, 0.15) is 13.8 Å². The van der Waals surface area contributed by atoms with Gasteiger partial charge in [0.15, 0.2) is 0 Å². The van der Waals surface area contributed by atoms with Gasteiger partial charge in [-0.1, -0.05) is 13.8 Å². The molecule has 0 unspecified atom stereocenters. The number of nitrogens with zero attached hydrogens (tertiary/aromatic N) is 2. The second-order valence-electron chi connectivity index (χ2n) is 1.22. The SMILES string of the molecule is CC[N-]C[N-]CC.[Cr].[Cr]. The standard InChI is InChI=1S/C5H12N2.2Cr/c1-3-6-5-7-4-2;;/h3-5H2,1-2H3;;/q-2;;. The third-order valence-corrected chi connectivity index (χ3v) is 0.647. The van der Waals surface area contributed by atoms with Crippen molar-refractivity contribution in [2.75, 3.05) is 19.8 Å². The summed E-state index contributed by atoms with van der Waals surface area (Å²) in [6.07, 6.45) is 0. The van der Waals surface area contributed by atoms with Gasteiger partial charge in [0.2, 0.25) is 0 Å². The van der Waals surface area contributed by atoms with Crippen molar-refractivity contribution in [3.63, 3.8) is 0 Å². The second-order valence-corrected chi connectivity index (χ2v) is 1.22. The van der Waals surface area contributed by atoms with Gasteiger partial charge < -0.3 is 10.6 Å². The van der Waals surface area contributed by atoms with Crippen LogP contribution in [-0.2, 0) is 34.7 Å². The van der Waals surface area contributed by atoms with Crippen LogP contribution in [0.3, 0.4) is 0 Å². The van der Waals surface area contributed by atoms with Crippen LogP contribution in [0.15, 0.2) is 0 Å². The third kappa shape index (κ3) is 17.6. The van der Waals surface area contributed by atoms with Crippen molar-refractivity contribution in [3.05, 3.63) is 10.6 Å². The van der Waals surface area contributed by atoms with Gasteiger partial charge in [0.1, 0.15) is 0 Å². The van der Waals surface area contributed by atoms with Crippen LogP contribution in [-0.4, -0.2) is 19.8 Å². The quantitative estimate of drug-likeness (QED) is 0.624. The third-order valence-electron chi connectivity index (χ3n) is 0.647. The van der Waals surface area contributed by atoms with Crippen molar-refractivity contribution >= 4 is 0 Å². The fourth-order valence-corrected chi connectivity index (χ4v) is 0.271. The maximum atomic E-state index is 3.99. The summed E-state index contributed by atoms with van der Waals surface area (Å²) in [6.45, 7) is 6.51. The number of rotatable bonds is 4. The average Bonchev–Trinajstić information content (AvgIpc) is 1.69.